The van der Waals surface area contributed by atoms with Crippen molar-refractivity contribution in [1.82, 2.24) is 10.3 Å². The summed E-state index contributed by atoms with van der Waals surface area (Å²) >= 11 is 0. The van der Waals surface area contributed by atoms with Crippen LogP contribution in [0.4, 0.5) is 0 Å². The number of hydrogen-bond acceptors (Lipinski definition) is 2. The number of aromatic nitrogens is 1. The van der Waals surface area contributed by atoms with Crippen LogP contribution in [0.25, 0.3) is 0 Å². The lowest BCUT2D eigenvalue weighted by Gasteiger charge is -2.19. The summed E-state index contributed by atoms with van der Waals surface area (Å²) in [6, 6.07) is 4.91. The molecule has 2 atom stereocenters. The van der Waals surface area contributed by atoms with Gasteiger partial charge in [0.1, 0.15) is 0 Å². The van der Waals surface area contributed by atoms with Gasteiger partial charge in [-0.1, -0.05) is 26.8 Å². The van der Waals surface area contributed by atoms with Crippen LogP contribution >= 0.6 is 0 Å². The molecule has 94 valence electrons. The van der Waals surface area contributed by atoms with Gasteiger partial charge in [0, 0.05) is 24.4 Å². The van der Waals surface area contributed by atoms with E-state index in [0.717, 1.165) is 18.9 Å². The molecule has 1 heterocycles. The third-order valence-electron chi connectivity index (χ3n) is 3.94. The molecule has 1 aliphatic carbocycles. The molecule has 1 N–H and O–H groups in total. The first-order valence-electron chi connectivity index (χ1n) is 6.68. The standard InChI is InChI=1S/C15H24N2/c1-5-16-14(13-9-15(13,3)4)8-12-7-6-11(2)10-17-12/h6-7,10,13-14,16H,5,8-9H2,1-4H3. The van der Waals surface area contributed by atoms with E-state index in [1.54, 1.807) is 0 Å². The van der Waals surface area contributed by atoms with Crippen molar-refractivity contribution < 1.29 is 0 Å². The van der Waals surface area contributed by atoms with E-state index in [4.69, 9.17) is 0 Å². The van der Waals surface area contributed by atoms with Crippen LogP contribution in [-0.2, 0) is 6.42 Å². The van der Waals surface area contributed by atoms with E-state index in [0.29, 0.717) is 11.5 Å². The number of rotatable bonds is 5. The molecule has 2 unspecified atom stereocenters. The van der Waals surface area contributed by atoms with Crippen molar-refractivity contribution in [2.75, 3.05) is 6.54 Å². The Hall–Kier alpha value is -0.890. The monoisotopic (exact) mass is 232 g/mol. The van der Waals surface area contributed by atoms with Gasteiger partial charge in [-0.25, -0.2) is 0 Å². The number of nitrogens with one attached hydrogen (secondary N) is 1. The first-order chi connectivity index (χ1) is 8.03. The topological polar surface area (TPSA) is 24.9 Å². The molecule has 1 saturated carbocycles. The fourth-order valence-electron chi connectivity index (χ4n) is 2.66. The predicted molar refractivity (Wildman–Crippen MR) is 72.0 cm³/mol. The zero-order valence-electron chi connectivity index (χ0n) is 11.5. The molecule has 1 fully saturated rings. The quantitative estimate of drug-likeness (QED) is 0.844. The molecule has 2 heteroatoms. The van der Waals surface area contributed by atoms with Crippen molar-refractivity contribution in [3.8, 4) is 0 Å². The summed E-state index contributed by atoms with van der Waals surface area (Å²) in [5.41, 5.74) is 2.97. The molecule has 0 aromatic carbocycles. The Kier molecular flexibility index (Phi) is 3.53. The summed E-state index contributed by atoms with van der Waals surface area (Å²) < 4.78 is 0. The van der Waals surface area contributed by atoms with Crippen LogP contribution in [0.15, 0.2) is 18.3 Å². The summed E-state index contributed by atoms with van der Waals surface area (Å²) in [4.78, 5) is 4.52. The lowest BCUT2D eigenvalue weighted by Crippen LogP contribution is -2.34. The van der Waals surface area contributed by atoms with E-state index >= 15 is 0 Å². The van der Waals surface area contributed by atoms with Crippen LogP contribution in [0.3, 0.4) is 0 Å². The minimum atomic E-state index is 0.525. The number of aryl methyl sites for hydroxylation is 1. The van der Waals surface area contributed by atoms with E-state index in [1.165, 1.54) is 17.7 Å². The second-order valence-corrected chi connectivity index (χ2v) is 5.99. The Morgan fingerprint density at radius 3 is 2.65 bits per heavy atom. The van der Waals surface area contributed by atoms with Crippen LogP contribution in [0.2, 0.25) is 0 Å². The van der Waals surface area contributed by atoms with Crippen LogP contribution in [0.5, 0.6) is 0 Å². The van der Waals surface area contributed by atoms with Crippen LogP contribution in [-0.4, -0.2) is 17.6 Å². The number of likely N-dealkylation sites (N-methyl/N-ethyl adjacent to an activating group) is 1. The lowest BCUT2D eigenvalue weighted by atomic mass is 9.99. The first kappa shape index (κ1) is 12.6. The normalized spacial score (nSPS) is 23.4. The number of hydrogen-bond donors (Lipinski definition) is 1. The van der Waals surface area contributed by atoms with Gasteiger partial charge in [0.05, 0.1) is 0 Å². The molecular weight excluding hydrogens is 208 g/mol. The highest BCUT2D eigenvalue weighted by Crippen LogP contribution is 2.53. The molecule has 0 radical (unpaired) electrons. The maximum atomic E-state index is 4.52. The molecule has 1 aliphatic rings. The van der Waals surface area contributed by atoms with E-state index in [1.807, 2.05) is 6.20 Å². The van der Waals surface area contributed by atoms with Crippen molar-refractivity contribution in [3.05, 3.63) is 29.6 Å². The van der Waals surface area contributed by atoms with Crippen molar-refractivity contribution in [2.45, 2.75) is 46.6 Å². The summed E-state index contributed by atoms with van der Waals surface area (Å²) in [7, 11) is 0. The second-order valence-electron chi connectivity index (χ2n) is 5.99. The van der Waals surface area contributed by atoms with Gasteiger partial charge in [0.15, 0.2) is 0 Å². The van der Waals surface area contributed by atoms with Crippen molar-refractivity contribution in [1.29, 1.82) is 0 Å². The summed E-state index contributed by atoms with van der Waals surface area (Å²) in [6.07, 6.45) is 4.37. The van der Waals surface area contributed by atoms with E-state index in [9.17, 15) is 0 Å². The highest BCUT2D eigenvalue weighted by Gasteiger charge is 2.49. The molecule has 1 aromatic rings. The first-order valence-corrected chi connectivity index (χ1v) is 6.68. The Morgan fingerprint density at radius 1 is 1.47 bits per heavy atom. The molecule has 0 bridgehead atoms. The fraction of sp³-hybridized carbons (Fsp3) is 0.667. The maximum absolute atomic E-state index is 4.52. The Bertz CT molecular complexity index is 367. The average molecular weight is 232 g/mol. The summed E-state index contributed by atoms with van der Waals surface area (Å²) in [6.45, 7) is 10.0. The summed E-state index contributed by atoms with van der Waals surface area (Å²) in [5.74, 6) is 0.811. The van der Waals surface area contributed by atoms with Gasteiger partial charge in [0.25, 0.3) is 0 Å². The van der Waals surface area contributed by atoms with Crippen molar-refractivity contribution >= 4 is 0 Å². The van der Waals surface area contributed by atoms with Crippen molar-refractivity contribution in [3.63, 3.8) is 0 Å². The van der Waals surface area contributed by atoms with E-state index in [2.05, 4.69) is 50.1 Å². The van der Waals surface area contributed by atoms with Crippen LogP contribution < -0.4 is 5.32 Å². The highest BCUT2D eigenvalue weighted by molar-refractivity contribution is 5.15. The van der Waals surface area contributed by atoms with Gasteiger partial charge in [-0.2, -0.15) is 0 Å². The van der Waals surface area contributed by atoms with Crippen LogP contribution in [0.1, 0.15) is 38.4 Å². The maximum Gasteiger partial charge on any atom is 0.0419 e. The number of nitrogens with zero attached hydrogens (tertiary/aromatic N) is 1. The molecule has 0 aliphatic heterocycles. The lowest BCUT2D eigenvalue weighted by molar-refractivity contribution is 0.407. The molecule has 17 heavy (non-hydrogen) atoms. The van der Waals surface area contributed by atoms with Gasteiger partial charge in [-0.05, 0) is 42.9 Å². The third-order valence-corrected chi connectivity index (χ3v) is 3.94. The zero-order valence-corrected chi connectivity index (χ0v) is 11.5. The molecule has 1 aromatic heterocycles. The molecule has 0 amide bonds. The molecule has 0 spiro atoms. The van der Waals surface area contributed by atoms with E-state index in [-0.39, 0.29) is 0 Å². The molecule has 0 saturated heterocycles. The number of pyridine rings is 1. The second kappa shape index (κ2) is 4.77. The minimum absolute atomic E-state index is 0.525. The van der Waals surface area contributed by atoms with Gasteiger partial charge < -0.3 is 5.32 Å². The third kappa shape index (κ3) is 3.06. The van der Waals surface area contributed by atoms with Crippen molar-refractivity contribution in [2.24, 2.45) is 11.3 Å². The molecule has 2 nitrogen and oxygen atoms in total. The smallest absolute Gasteiger partial charge is 0.0419 e. The summed E-state index contributed by atoms with van der Waals surface area (Å²) in [5, 5.41) is 3.62. The van der Waals surface area contributed by atoms with Gasteiger partial charge in [-0.3, -0.25) is 4.98 Å². The predicted octanol–water partition coefficient (Wildman–Crippen LogP) is 2.96. The Labute approximate surface area is 105 Å². The Balaban J connectivity index is 2.00. The van der Waals surface area contributed by atoms with Gasteiger partial charge in [0.2, 0.25) is 0 Å². The van der Waals surface area contributed by atoms with E-state index < -0.39 is 0 Å². The average Bonchev–Trinajstić information content (AvgIpc) is 2.90. The molecular formula is C15H24N2. The van der Waals surface area contributed by atoms with Gasteiger partial charge >= 0.3 is 0 Å². The highest BCUT2D eigenvalue weighted by atomic mass is 14.9. The zero-order chi connectivity index (χ0) is 12.5. The van der Waals surface area contributed by atoms with Crippen LogP contribution in [0, 0.1) is 18.3 Å². The minimum Gasteiger partial charge on any atom is -0.314 e. The Morgan fingerprint density at radius 2 is 2.18 bits per heavy atom. The largest absolute Gasteiger partial charge is 0.314 e. The SMILES string of the molecule is CCNC(Cc1ccc(C)cn1)C1CC1(C)C. The van der Waals surface area contributed by atoms with Gasteiger partial charge in [-0.15, -0.1) is 0 Å². The molecule has 2 rings (SSSR count). The fourth-order valence-corrected chi connectivity index (χ4v) is 2.66.